The van der Waals surface area contributed by atoms with Crippen molar-refractivity contribution in [2.75, 3.05) is 0 Å². The van der Waals surface area contributed by atoms with Crippen molar-refractivity contribution in [3.05, 3.63) is 0 Å². The van der Waals surface area contributed by atoms with Gasteiger partial charge in [-0.2, -0.15) is 0 Å². The normalized spacial score (nSPS) is 11.1. The second-order valence-electron chi connectivity index (χ2n) is 3.87. The van der Waals surface area contributed by atoms with Crippen LogP contribution in [0.3, 0.4) is 0 Å². The molecule has 5 N–H and O–H groups in total. The summed E-state index contributed by atoms with van der Waals surface area (Å²) >= 11 is 0. The largest absolute Gasteiger partial charge is 0.481 e. The Balaban J connectivity index is 0. The first kappa shape index (κ1) is 18.4. The highest BCUT2D eigenvalue weighted by atomic mass is 16.4. The van der Waals surface area contributed by atoms with Crippen molar-refractivity contribution in [1.82, 2.24) is 0 Å². The summed E-state index contributed by atoms with van der Waals surface area (Å²) in [5.41, 5.74) is 4.84. The van der Waals surface area contributed by atoms with Crippen LogP contribution in [0.4, 0.5) is 0 Å². The van der Waals surface area contributed by atoms with Gasteiger partial charge in [0.15, 0.2) is 0 Å². The van der Waals surface area contributed by atoms with Crippen molar-refractivity contribution in [3.63, 3.8) is 0 Å². The summed E-state index contributed by atoms with van der Waals surface area (Å²) in [6, 6.07) is -1.29. The zero-order valence-electron chi connectivity index (χ0n) is 10.1. The maximum Gasteiger partial charge on any atom is 0.372 e. The molecule has 0 aliphatic rings. The highest BCUT2D eigenvalue weighted by molar-refractivity contribution is 6.32. The molecule has 0 saturated heterocycles. The molecule has 0 aromatic carbocycles. The summed E-state index contributed by atoms with van der Waals surface area (Å²) in [7, 11) is 0. The maximum atomic E-state index is 10.4. The van der Waals surface area contributed by atoms with E-state index in [0.29, 0.717) is 0 Å². The molecular weight excluding hydrogens is 246 g/mol. The van der Waals surface area contributed by atoms with E-state index in [-0.39, 0.29) is 12.3 Å². The van der Waals surface area contributed by atoms with Gasteiger partial charge in [-0.15, -0.1) is 0 Å². The minimum atomic E-state index is -1.33. The van der Waals surface area contributed by atoms with Crippen LogP contribution < -0.4 is 5.73 Å². The number of Topliss-reactive ketones (excluding diaryl/α,β-unsaturated/α-hetero) is 1. The summed E-state index contributed by atoms with van der Waals surface area (Å²) in [5.74, 6) is -4.40. The molecule has 104 valence electrons. The Morgan fingerprint density at radius 1 is 1.00 bits per heavy atom. The van der Waals surface area contributed by atoms with Crippen LogP contribution in [0.25, 0.3) is 0 Å². The van der Waals surface area contributed by atoms with E-state index in [1.807, 2.05) is 0 Å². The number of rotatable bonds is 6. The molecule has 1 atom stereocenters. The summed E-state index contributed by atoms with van der Waals surface area (Å²) in [4.78, 5) is 39.9. The van der Waals surface area contributed by atoms with E-state index in [2.05, 4.69) is 0 Å². The molecule has 0 amide bonds. The van der Waals surface area contributed by atoms with Crippen molar-refractivity contribution in [1.29, 1.82) is 0 Å². The Morgan fingerprint density at radius 2 is 1.44 bits per heavy atom. The lowest BCUT2D eigenvalue weighted by Crippen LogP contribution is -2.32. The fourth-order valence-electron chi connectivity index (χ4n) is 0.734. The lowest BCUT2D eigenvalue weighted by Gasteiger charge is -1.99. The summed E-state index contributed by atoms with van der Waals surface area (Å²) in [6.45, 7) is 3.61. The van der Waals surface area contributed by atoms with Gasteiger partial charge < -0.3 is 21.1 Å². The molecule has 8 heteroatoms. The average molecular weight is 263 g/mol. The monoisotopic (exact) mass is 263 g/mol. The van der Waals surface area contributed by atoms with E-state index in [1.54, 1.807) is 13.8 Å². The van der Waals surface area contributed by atoms with Crippen molar-refractivity contribution < 1.29 is 34.5 Å². The third-order valence-corrected chi connectivity index (χ3v) is 1.54. The molecule has 0 spiro atoms. The van der Waals surface area contributed by atoms with Crippen molar-refractivity contribution in [2.24, 2.45) is 11.7 Å². The van der Waals surface area contributed by atoms with Crippen LogP contribution in [0.5, 0.6) is 0 Å². The van der Waals surface area contributed by atoms with Gasteiger partial charge in [0.1, 0.15) is 6.04 Å². The number of hydrogen-bond donors (Lipinski definition) is 4. The van der Waals surface area contributed by atoms with Crippen molar-refractivity contribution >= 4 is 23.7 Å². The number of hydrogen-bond acceptors (Lipinski definition) is 5. The molecule has 0 saturated carbocycles. The van der Waals surface area contributed by atoms with Gasteiger partial charge in [0, 0.05) is 6.42 Å². The van der Waals surface area contributed by atoms with Crippen LogP contribution >= 0.6 is 0 Å². The third kappa shape index (κ3) is 12.1. The Bertz CT molecular complexity index is 324. The summed E-state index contributed by atoms with van der Waals surface area (Å²) in [5, 5.41) is 24.1. The van der Waals surface area contributed by atoms with Crippen LogP contribution in [0, 0.1) is 5.92 Å². The minimum absolute atomic E-state index is 0.133. The predicted octanol–water partition coefficient (Wildman–Crippen LogP) is -0.441. The number of carboxylic acid groups (broad SMARTS) is 3. The van der Waals surface area contributed by atoms with E-state index in [9.17, 15) is 19.2 Å². The average Bonchev–Trinajstić information content (AvgIpc) is 2.16. The quantitative estimate of drug-likeness (QED) is 0.470. The standard InChI is InChI=1S/C6H10O3.C4H7NO4/c1-4(2)3-5(7)6(8)9;5-2(4(8)9)1-3(6)7/h4H,3H2,1-2H3,(H,8,9);2H,1,5H2,(H,6,7)(H,8,9)/t;2-/m.0/s1. The second kappa shape index (κ2) is 9.11. The van der Waals surface area contributed by atoms with Gasteiger partial charge >= 0.3 is 17.9 Å². The smallest absolute Gasteiger partial charge is 0.372 e. The topological polar surface area (TPSA) is 155 Å². The van der Waals surface area contributed by atoms with Gasteiger partial charge in [-0.05, 0) is 5.92 Å². The van der Waals surface area contributed by atoms with Crippen LogP contribution in [0.15, 0.2) is 0 Å². The lowest BCUT2D eigenvalue weighted by atomic mass is 10.1. The Labute approximate surface area is 103 Å². The number of nitrogens with two attached hydrogens (primary N) is 1. The first-order valence-electron chi connectivity index (χ1n) is 5.04. The molecule has 0 aromatic heterocycles. The highest BCUT2D eigenvalue weighted by Gasteiger charge is 2.14. The number of aliphatic carboxylic acids is 3. The molecule has 0 bridgehead atoms. The van der Waals surface area contributed by atoms with Gasteiger partial charge in [-0.25, -0.2) is 4.79 Å². The molecule has 0 unspecified atom stereocenters. The fraction of sp³-hybridized carbons (Fsp3) is 0.600. The number of carbonyl (C=O) groups is 4. The highest BCUT2D eigenvalue weighted by Crippen LogP contribution is 1.99. The van der Waals surface area contributed by atoms with Crippen LogP contribution in [-0.2, 0) is 19.2 Å². The number of carbonyl (C=O) groups excluding carboxylic acids is 1. The summed E-state index contributed by atoms with van der Waals surface area (Å²) < 4.78 is 0. The lowest BCUT2D eigenvalue weighted by molar-refractivity contribution is -0.149. The van der Waals surface area contributed by atoms with Gasteiger partial charge in [-0.3, -0.25) is 14.4 Å². The van der Waals surface area contributed by atoms with Crippen LogP contribution in [0.2, 0.25) is 0 Å². The van der Waals surface area contributed by atoms with E-state index < -0.39 is 36.2 Å². The molecule has 18 heavy (non-hydrogen) atoms. The fourth-order valence-corrected chi connectivity index (χ4v) is 0.734. The van der Waals surface area contributed by atoms with E-state index in [0.717, 1.165) is 0 Å². The molecule has 0 radical (unpaired) electrons. The zero-order chi connectivity index (χ0) is 14.9. The van der Waals surface area contributed by atoms with Crippen LogP contribution in [-0.4, -0.2) is 45.1 Å². The summed E-state index contributed by atoms with van der Waals surface area (Å²) in [6.07, 6.45) is -0.398. The van der Waals surface area contributed by atoms with E-state index in [1.165, 1.54) is 0 Å². The predicted molar refractivity (Wildman–Crippen MR) is 60.0 cm³/mol. The number of carboxylic acids is 3. The van der Waals surface area contributed by atoms with Gasteiger partial charge in [0.05, 0.1) is 6.42 Å². The molecule has 0 aliphatic heterocycles. The first-order valence-corrected chi connectivity index (χ1v) is 5.04. The molecule has 8 nitrogen and oxygen atoms in total. The Kier molecular flexibility index (Phi) is 9.32. The van der Waals surface area contributed by atoms with E-state index >= 15 is 0 Å². The zero-order valence-corrected chi connectivity index (χ0v) is 10.1. The van der Waals surface area contributed by atoms with Crippen LogP contribution in [0.1, 0.15) is 26.7 Å². The molecule has 0 heterocycles. The van der Waals surface area contributed by atoms with Crippen molar-refractivity contribution in [2.45, 2.75) is 32.7 Å². The minimum Gasteiger partial charge on any atom is -0.481 e. The number of ketones is 1. The molecular formula is C10H17NO7. The Morgan fingerprint density at radius 3 is 1.56 bits per heavy atom. The van der Waals surface area contributed by atoms with Gasteiger partial charge in [0.25, 0.3) is 0 Å². The molecule has 0 rings (SSSR count). The third-order valence-electron chi connectivity index (χ3n) is 1.54. The maximum absolute atomic E-state index is 10.4. The Hall–Kier alpha value is -1.96. The SMILES string of the molecule is CC(C)CC(=O)C(=O)O.N[C@@H](CC(=O)O)C(=O)O. The molecule has 0 fully saturated rings. The second-order valence-corrected chi connectivity index (χ2v) is 3.87. The van der Waals surface area contributed by atoms with E-state index in [4.69, 9.17) is 21.1 Å². The first-order chi connectivity index (χ1) is 8.07. The van der Waals surface area contributed by atoms with Gasteiger partial charge in [-0.1, -0.05) is 13.8 Å². The van der Waals surface area contributed by atoms with Crippen molar-refractivity contribution in [3.8, 4) is 0 Å². The molecule has 0 aliphatic carbocycles. The molecule has 0 aromatic rings. The van der Waals surface area contributed by atoms with Gasteiger partial charge in [0.2, 0.25) is 5.78 Å².